The third kappa shape index (κ3) is 9.04. The Morgan fingerprint density at radius 1 is 0.900 bits per heavy atom. The van der Waals surface area contributed by atoms with Crippen LogP contribution in [0.4, 0.5) is 4.39 Å². The Morgan fingerprint density at radius 2 is 1.64 bits per heavy atom. The van der Waals surface area contributed by atoms with Crippen LogP contribution in [-0.4, -0.2) is 65.9 Å². The van der Waals surface area contributed by atoms with Crippen LogP contribution < -0.4 is 27.4 Å². The minimum atomic E-state index is -0.989. The van der Waals surface area contributed by atoms with Crippen LogP contribution in [0, 0.1) is 5.82 Å². The van der Waals surface area contributed by atoms with Crippen LogP contribution in [0.3, 0.4) is 0 Å². The Morgan fingerprint density at radius 3 is 2.44 bits per heavy atom. The molecule has 0 aliphatic carbocycles. The molecule has 1 aliphatic heterocycles. The lowest BCUT2D eigenvalue weighted by molar-refractivity contribution is -0.142. The zero-order valence-corrected chi connectivity index (χ0v) is 29.7. The van der Waals surface area contributed by atoms with Crippen molar-refractivity contribution in [1.82, 2.24) is 25.8 Å². The van der Waals surface area contributed by atoms with E-state index in [1.807, 2.05) is 54.7 Å². The Hall–Kier alpha value is -3.94. The first-order chi connectivity index (χ1) is 24.2. The van der Waals surface area contributed by atoms with Crippen molar-refractivity contribution in [1.29, 1.82) is 0 Å². The number of halogens is 2. The molecule has 8 N–H and O–H groups in total. The molecule has 13 heteroatoms. The lowest BCUT2D eigenvalue weighted by Gasteiger charge is -2.32. The summed E-state index contributed by atoms with van der Waals surface area (Å²) in [6.45, 7) is 1.00. The van der Waals surface area contributed by atoms with E-state index in [-0.39, 0.29) is 24.4 Å². The van der Waals surface area contributed by atoms with E-state index in [1.54, 1.807) is 7.05 Å². The Kier molecular flexibility index (Phi) is 13.3. The summed E-state index contributed by atoms with van der Waals surface area (Å²) in [5, 5.41) is 10.5. The number of rotatable bonds is 9. The van der Waals surface area contributed by atoms with Gasteiger partial charge in [-0.05, 0) is 80.6 Å². The first-order valence-corrected chi connectivity index (χ1v) is 18.2. The highest BCUT2D eigenvalue weighted by Gasteiger charge is 2.34. The van der Waals surface area contributed by atoms with Gasteiger partial charge in [-0.1, -0.05) is 59.8 Å². The van der Waals surface area contributed by atoms with Crippen LogP contribution >= 0.6 is 23.4 Å². The summed E-state index contributed by atoms with van der Waals surface area (Å²) >= 11 is 7.98. The van der Waals surface area contributed by atoms with Gasteiger partial charge in [0.15, 0.2) is 0 Å². The van der Waals surface area contributed by atoms with Gasteiger partial charge < -0.3 is 37.3 Å². The average molecular weight is 722 g/mol. The fourth-order valence-electron chi connectivity index (χ4n) is 6.22. The molecule has 2 heterocycles. The highest BCUT2D eigenvalue weighted by Crippen LogP contribution is 2.39. The van der Waals surface area contributed by atoms with Gasteiger partial charge in [-0.2, -0.15) is 0 Å². The molecule has 0 saturated carbocycles. The molecule has 0 radical (unpaired) electrons. The van der Waals surface area contributed by atoms with E-state index in [0.29, 0.717) is 61.7 Å². The van der Waals surface area contributed by atoms with Crippen molar-refractivity contribution < 1.29 is 18.8 Å². The summed E-state index contributed by atoms with van der Waals surface area (Å²) in [7, 11) is 1.57. The largest absolute Gasteiger partial charge is 0.361 e. The molecule has 266 valence electrons. The van der Waals surface area contributed by atoms with Gasteiger partial charge >= 0.3 is 0 Å². The van der Waals surface area contributed by atoms with E-state index in [0.717, 1.165) is 26.9 Å². The normalized spacial score (nSPS) is 19.4. The number of amides is 3. The van der Waals surface area contributed by atoms with Crippen LogP contribution in [0.2, 0.25) is 5.02 Å². The van der Waals surface area contributed by atoms with Gasteiger partial charge in [0.25, 0.3) is 0 Å². The standard InChI is InChI=1S/C37H45ClFN7O3S/c1-46-32(19-24-21-42-29-11-4-3-10-25(24)29)36(48)44-22-26-28(39)16-15-27(38)34(26)50-33-14-5-2-9-23(33)20-43-30(13-8-18-41)35(47)45-31(37(46)49)12-6-7-17-40/h2-5,9-11,14-16,21,30-32,42-43H,6-8,12-13,17-20,22,40-41H2,1H3,(H,44,48)(H,45,47)/t30-,31?,32-/m0/s1. The topological polar surface area (TPSA) is 158 Å². The lowest BCUT2D eigenvalue weighted by atomic mass is 10.0. The van der Waals surface area contributed by atoms with Crippen molar-refractivity contribution in [3.8, 4) is 0 Å². The van der Waals surface area contributed by atoms with E-state index >= 15 is 4.39 Å². The van der Waals surface area contributed by atoms with Crippen molar-refractivity contribution in [2.75, 3.05) is 20.1 Å². The van der Waals surface area contributed by atoms with Crippen LogP contribution in [-0.2, 0) is 33.9 Å². The van der Waals surface area contributed by atoms with Crippen molar-refractivity contribution in [3.63, 3.8) is 0 Å². The second-order valence-corrected chi connectivity index (χ2v) is 14.0. The molecule has 3 amide bonds. The zero-order valence-electron chi connectivity index (χ0n) is 28.1. The molecular formula is C37H45ClFN7O3S. The van der Waals surface area contributed by atoms with E-state index in [1.165, 1.54) is 28.8 Å². The Bertz CT molecular complexity index is 1800. The highest BCUT2D eigenvalue weighted by atomic mass is 35.5. The molecule has 10 nitrogen and oxygen atoms in total. The minimum Gasteiger partial charge on any atom is -0.361 e. The molecule has 3 atom stereocenters. The molecule has 0 bridgehead atoms. The number of hydrogen-bond donors (Lipinski definition) is 6. The predicted molar refractivity (Wildman–Crippen MR) is 196 cm³/mol. The number of benzene rings is 3. The maximum absolute atomic E-state index is 15.6. The second-order valence-electron chi connectivity index (χ2n) is 12.5. The fraction of sp³-hybridized carbons (Fsp3) is 0.378. The summed E-state index contributed by atoms with van der Waals surface area (Å²) in [5.74, 6) is -1.73. The molecule has 3 aromatic carbocycles. The van der Waals surface area contributed by atoms with Gasteiger partial charge in [0.2, 0.25) is 17.7 Å². The highest BCUT2D eigenvalue weighted by molar-refractivity contribution is 7.99. The quantitative estimate of drug-likeness (QED) is 0.138. The minimum absolute atomic E-state index is 0.155. The molecule has 5 rings (SSSR count). The zero-order chi connectivity index (χ0) is 35.6. The summed E-state index contributed by atoms with van der Waals surface area (Å²) in [5.41, 5.74) is 14.5. The number of nitrogens with two attached hydrogens (primary N) is 2. The van der Waals surface area contributed by atoms with E-state index in [2.05, 4.69) is 20.9 Å². The molecule has 50 heavy (non-hydrogen) atoms. The van der Waals surface area contributed by atoms with Crippen LogP contribution in [0.25, 0.3) is 10.9 Å². The van der Waals surface area contributed by atoms with Crippen LogP contribution in [0.15, 0.2) is 76.7 Å². The van der Waals surface area contributed by atoms with Gasteiger partial charge in [0.1, 0.15) is 17.9 Å². The van der Waals surface area contributed by atoms with Crippen molar-refractivity contribution in [2.45, 2.75) is 79.5 Å². The van der Waals surface area contributed by atoms with E-state index in [9.17, 15) is 14.4 Å². The number of nitrogens with zero attached hydrogens (tertiary/aromatic N) is 1. The van der Waals surface area contributed by atoms with Gasteiger partial charge in [0.05, 0.1) is 11.1 Å². The number of likely N-dealkylation sites (N-methyl/N-ethyl adjacent to an activating group) is 1. The number of aromatic amines is 1. The number of nitrogens with one attached hydrogen (secondary N) is 4. The smallest absolute Gasteiger partial charge is 0.245 e. The summed E-state index contributed by atoms with van der Waals surface area (Å²) < 4.78 is 15.6. The van der Waals surface area contributed by atoms with Crippen molar-refractivity contribution in [3.05, 3.63) is 94.4 Å². The summed E-state index contributed by atoms with van der Waals surface area (Å²) in [4.78, 5) is 48.3. The van der Waals surface area contributed by atoms with E-state index in [4.69, 9.17) is 23.1 Å². The fourth-order valence-corrected chi connectivity index (χ4v) is 7.61. The molecular weight excluding hydrogens is 677 g/mol. The number of hydrogen-bond acceptors (Lipinski definition) is 7. The maximum atomic E-state index is 15.6. The number of fused-ring (bicyclic) bond motifs is 3. The molecule has 0 fully saturated rings. The number of aromatic nitrogens is 1. The third-order valence-electron chi connectivity index (χ3n) is 9.10. The average Bonchev–Trinajstić information content (AvgIpc) is 3.53. The Balaban J connectivity index is 1.58. The lowest BCUT2D eigenvalue weighted by Crippen LogP contribution is -2.57. The monoisotopic (exact) mass is 721 g/mol. The number of para-hydroxylation sites is 1. The number of H-pyrrole nitrogens is 1. The third-order valence-corrected chi connectivity index (χ3v) is 10.8. The molecule has 0 spiro atoms. The van der Waals surface area contributed by atoms with Gasteiger partial charge in [-0.15, -0.1) is 0 Å². The van der Waals surface area contributed by atoms with Crippen molar-refractivity contribution >= 4 is 52.0 Å². The predicted octanol–water partition coefficient (Wildman–Crippen LogP) is 4.62. The molecule has 0 saturated heterocycles. The summed E-state index contributed by atoms with van der Waals surface area (Å²) in [6, 6.07) is 15.6. The second kappa shape index (κ2) is 17.8. The first kappa shape index (κ1) is 37.3. The molecule has 4 aromatic rings. The van der Waals surface area contributed by atoms with Crippen LogP contribution in [0.1, 0.15) is 48.8 Å². The molecule has 1 aromatic heterocycles. The number of unbranched alkanes of at least 4 members (excludes halogenated alkanes) is 1. The Labute approximate surface area is 301 Å². The van der Waals surface area contributed by atoms with E-state index < -0.39 is 35.8 Å². The van der Waals surface area contributed by atoms with Crippen LogP contribution in [0.5, 0.6) is 0 Å². The van der Waals surface area contributed by atoms with Gasteiger partial charge in [-0.3, -0.25) is 14.4 Å². The SMILES string of the molecule is CN1C(=O)C(CCCCN)NC(=O)[C@H](CCCN)NCc2ccccc2Sc2c(Cl)ccc(F)c2CNC(=O)[C@@H]1Cc1c[nH]c2ccccc12. The molecule has 1 unspecified atom stereocenters. The maximum Gasteiger partial charge on any atom is 0.245 e. The first-order valence-electron chi connectivity index (χ1n) is 17.0. The van der Waals surface area contributed by atoms with Gasteiger partial charge in [-0.25, -0.2) is 4.39 Å². The number of carbonyl (C=O) groups excluding carboxylic acids is 3. The molecule has 1 aliphatic rings. The van der Waals surface area contributed by atoms with Gasteiger partial charge in [0, 0.05) is 59.0 Å². The van der Waals surface area contributed by atoms with Crippen molar-refractivity contribution in [2.24, 2.45) is 11.5 Å². The summed E-state index contributed by atoms with van der Waals surface area (Å²) in [6.07, 6.45) is 4.64. The number of carbonyl (C=O) groups is 3.